The lowest BCUT2D eigenvalue weighted by molar-refractivity contribution is -0.167. The van der Waals surface area contributed by atoms with Gasteiger partial charge in [0.15, 0.2) is 6.10 Å². The second-order valence-corrected chi connectivity index (χ2v) is 16.5. The molecular weight excluding hydrogens is 661 g/mol. The van der Waals surface area contributed by atoms with Crippen molar-refractivity contribution in [1.82, 2.24) is 0 Å². The molecule has 0 spiro atoms. The van der Waals surface area contributed by atoms with Gasteiger partial charge in [0, 0.05) is 19.3 Å². The summed E-state index contributed by atoms with van der Waals surface area (Å²) in [4.78, 5) is 37.6. The molecule has 0 aromatic rings. The normalized spacial score (nSPS) is 11.9. The predicted octanol–water partition coefficient (Wildman–Crippen LogP) is 14.7. The third kappa shape index (κ3) is 41.4. The van der Waals surface area contributed by atoms with E-state index < -0.39 is 6.10 Å². The molecule has 0 fully saturated rings. The van der Waals surface area contributed by atoms with Gasteiger partial charge >= 0.3 is 17.9 Å². The monoisotopic (exact) mass is 751 g/mol. The van der Waals surface area contributed by atoms with Crippen molar-refractivity contribution in [1.29, 1.82) is 0 Å². The van der Waals surface area contributed by atoms with Crippen LogP contribution in [-0.4, -0.2) is 37.2 Å². The van der Waals surface area contributed by atoms with Gasteiger partial charge in [-0.2, -0.15) is 0 Å². The first kappa shape index (κ1) is 51.4. The molecule has 1 atom stereocenters. The van der Waals surface area contributed by atoms with Crippen LogP contribution in [0.25, 0.3) is 0 Å². The molecule has 0 radical (unpaired) electrons. The zero-order valence-corrected chi connectivity index (χ0v) is 36.0. The minimum atomic E-state index is -0.758. The molecule has 6 heteroatoms. The minimum Gasteiger partial charge on any atom is -0.462 e. The fraction of sp³-hybridized carbons (Fsp3) is 0.936. The van der Waals surface area contributed by atoms with E-state index in [4.69, 9.17) is 14.2 Å². The van der Waals surface area contributed by atoms with Crippen LogP contribution in [0.15, 0.2) is 0 Å². The van der Waals surface area contributed by atoms with Crippen LogP contribution < -0.4 is 0 Å². The Kier molecular flexibility index (Phi) is 40.3. The van der Waals surface area contributed by atoms with E-state index in [0.29, 0.717) is 19.3 Å². The molecule has 314 valence electrons. The molecule has 0 rings (SSSR count). The Bertz CT molecular complexity index is 796. The molecule has 53 heavy (non-hydrogen) atoms. The van der Waals surface area contributed by atoms with E-state index in [1.807, 2.05) is 0 Å². The Morgan fingerprint density at radius 1 is 0.358 bits per heavy atom. The Morgan fingerprint density at radius 2 is 0.623 bits per heavy atom. The Labute approximate surface area is 329 Å². The lowest BCUT2D eigenvalue weighted by atomic mass is 10.0. The molecule has 0 aliphatic heterocycles. The van der Waals surface area contributed by atoms with E-state index in [0.717, 1.165) is 63.7 Å². The van der Waals surface area contributed by atoms with Crippen molar-refractivity contribution >= 4 is 17.9 Å². The Balaban J connectivity index is 4.20. The number of hydrogen-bond donors (Lipinski definition) is 0. The van der Waals surface area contributed by atoms with Gasteiger partial charge in [0.05, 0.1) is 0 Å². The van der Waals surface area contributed by atoms with Crippen LogP contribution in [0.1, 0.15) is 259 Å². The summed E-state index contributed by atoms with van der Waals surface area (Å²) in [5, 5.41) is 0. The maximum Gasteiger partial charge on any atom is 0.306 e. The van der Waals surface area contributed by atoms with Gasteiger partial charge in [-0.15, -0.1) is 0 Å². The minimum absolute atomic E-state index is 0.0641. The average molecular weight is 751 g/mol. The highest BCUT2D eigenvalue weighted by Gasteiger charge is 2.19. The van der Waals surface area contributed by atoms with E-state index in [-0.39, 0.29) is 31.1 Å². The molecule has 0 aliphatic carbocycles. The van der Waals surface area contributed by atoms with Crippen molar-refractivity contribution in [2.45, 2.75) is 265 Å². The fourth-order valence-corrected chi connectivity index (χ4v) is 6.98. The molecule has 0 saturated heterocycles. The smallest absolute Gasteiger partial charge is 0.306 e. The van der Waals surface area contributed by atoms with E-state index in [1.165, 1.54) is 154 Å². The standard InChI is InChI=1S/C47H90O6/c1-5-7-9-11-13-14-15-20-23-27-30-34-38-45(48)51-41-44(53-47(50)40-36-32-25-12-10-8-6-2)42-52-46(49)39-35-31-28-24-21-18-16-17-19-22-26-29-33-37-43(3)4/h43-44H,5-42H2,1-4H3/t44-/m1/s1. The number of esters is 3. The number of unbranched alkanes of at least 4 members (excludes halogenated alkanes) is 29. The molecule has 0 aliphatic rings. The first-order chi connectivity index (χ1) is 25.9. The molecule has 0 aromatic heterocycles. The predicted molar refractivity (Wildman–Crippen MR) is 224 cm³/mol. The summed E-state index contributed by atoms with van der Waals surface area (Å²) in [7, 11) is 0. The fourth-order valence-electron chi connectivity index (χ4n) is 6.98. The molecule has 0 bridgehead atoms. The van der Waals surface area contributed by atoms with E-state index in [2.05, 4.69) is 27.7 Å². The first-order valence-corrected chi connectivity index (χ1v) is 23.4. The van der Waals surface area contributed by atoms with Crippen molar-refractivity contribution in [3.05, 3.63) is 0 Å². The van der Waals surface area contributed by atoms with Gasteiger partial charge in [-0.05, 0) is 25.2 Å². The third-order valence-electron chi connectivity index (χ3n) is 10.5. The summed E-state index contributed by atoms with van der Waals surface area (Å²) in [5.41, 5.74) is 0. The maximum atomic E-state index is 12.6. The van der Waals surface area contributed by atoms with Crippen LogP contribution in [-0.2, 0) is 28.6 Å². The molecule has 0 amide bonds. The summed E-state index contributed by atoms with van der Waals surface area (Å²) in [5.74, 6) is -0.0189. The lowest BCUT2D eigenvalue weighted by Gasteiger charge is -2.18. The quantitative estimate of drug-likeness (QED) is 0.0351. The number of ether oxygens (including phenoxy) is 3. The second kappa shape index (κ2) is 41.6. The van der Waals surface area contributed by atoms with Crippen molar-refractivity contribution in [2.24, 2.45) is 5.92 Å². The number of carbonyl (C=O) groups excluding carboxylic acids is 3. The molecule has 0 heterocycles. The van der Waals surface area contributed by atoms with E-state index >= 15 is 0 Å². The Hall–Kier alpha value is -1.59. The SMILES string of the molecule is CCCCCCCCCCCCCCC(=O)OC[C@H](COC(=O)CCCCCCCCCCCCCCCC(C)C)OC(=O)CCCCCCCCC. The van der Waals surface area contributed by atoms with Crippen LogP contribution in [0, 0.1) is 5.92 Å². The van der Waals surface area contributed by atoms with E-state index in [1.54, 1.807) is 0 Å². The molecule has 0 N–H and O–H groups in total. The van der Waals surface area contributed by atoms with Gasteiger partial charge in [-0.1, -0.05) is 220 Å². The van der Waals surface area contributed by atoms with Crippen LogP contribution in [0.2, 0.25) is 0 Å². The zero-order valence-electron chi connectivity index (χ0n) is 36.0. The van der Waals surface area contributed by atoms with Gasteiger partial charge in [-0.3, -0.25) is 14.4 Å². The van der Waals surface area contributed by atoms with Crippen LogP contribution in [0.4, 0.5) is 0 Å². The van der Waals surface area contributed by atoms with Crippen LogP contribution in [0.5, 0.6) is 0 Å². The topological polar surface area (TPSA) is 78.9 Å². The van der Waals surface area contributed by atoms with Gasteiger partial charge in [0.25, 0.3) is 0 Å². The largest absolute Gasteiger partial charge is 0.462 e. The molecule has 0 unspecified atom stereocenters. The van der Waals surface area contributed by atoms with Crippen molar-refractivity contribution in [3.63, 3.8) is 0 Å². The zero-order chi connectivity index (χ0) is 38.9. The number of hydrogen-bond acceptors (Lipinski definition) is 6. The van der Waals surface area contributed by atoms with Crippen LogP contribution in [0.3, 0.4) is 0 Å². The lowest BCUT2D eigenvalue weighted by Crippen LogP contribution is -2.30. The third-order valence-corrected chi connectivity index (χ3v) is 10.5. The second-order valence-electron chi connectivity index (χ2n) is 16.5. The highest BCUT2D eigenvalue weighted by Crippen LogP contribution is 2.16. The summed E-state index contributed by atoms with van der Waals surface area (Å²) in [6.07, 6.45) is 41.0. The average Bonchev–Trinajstić information content (AvgIpc) is 3.14. The number of rotatable bonds is 42. The van der Waals surface area contributed by atoms with E-state index in [9.17, 15) is 14.4 Å². The highest BCUT2D eigenvalue weighted by molar-refractivity contribution is 5.71. The van der Waals surface area contributed by atoms with Crippen LogP contribution >= 0.6 is 0 Å². The molecule has 6 nitrogen and oxygen atoms in total. The van der Waals surface area contributed by atoms with Crippen molar-refractivity contribution < 1.29 is 28.6 Å². The highest BCUT2D eigenvalue weighted by atomic mass is 16.6. The molecule has 0 saturated carbocycles. The summed E-state index contributed by atoms with van der Waals surface area (Å²) in [6, 6.07) is 0. The summed E-state index contributed by atoms with van der Waals surface area (Å²) >= 11 is 0. The summed E-state index contributed by atoms with van der Waals surface area (Å²) in [6.45, 7) is 8.97. The molecular formula is C47H90O6. The van der Waals surface area contributed by atoms with Gasteiger partial charge in [-0.25, -0.2) is 0 Å². The van der Waals surface area contributed by atoms with Crippen molar-refractivity contribution in [3.8, 4) is 0 Å². The summed E-state index contributed by atoms with van der Waals surface area (Å²) < 4.78 is 16.7. The number of carbonyl (C=O) groups is 3. The van der Waals surface area contributed by atoms with Gasteiger partial charge in [0.1, 0.15) is 13.2 Å². The van der Waals surface area contributed by atoms with Gasteiger partial charge in [0.2, 0.25) is 0 Å². The maximum absolute atomic E-state index is 12.6. The molecule has 0 aromatic carbocycles. The van der Waals surface area contributed by atoms with Gasteiger partial charge < -0.3 is 14.2 Å². The Morgan fingerprint density at radius 3 is 0.925 bits per heavy atom. The first-order valence-electron chi connectivity index (χ1n) is 23.4. The van der Waals surface area contributed by atoms with Crippen molar-refractivity contribution in [2.75, 3.05) is 13.2 Å².